The minimum Gasteiger partial charge on any atom is -0.322 e. The third kappa shape index (κ3) is 1.54. The van der Waals surface area contributed by atoms with E-state index in [2.05, 4.69) is 10.1 Å². The van der Waals surface area contributed by atoms with Gasteiger partial charge >= 0.3 is 12.0 Å². The molecule has 122 valence electrons. The minimum atomic E-state index is -3.25. The van der Waals surface area contributed by atoms with E-state index in [-0.39, 0.29) is 11.3 Å². The van der Waals surface area contributed by atoms with Gasteiger partial charge in [0.25, 0.3) is 0 Å². The van der Waals surface area contributed by atoms with Gasteiger partial charge in [-0.25, -0.2) is 4.79 Å². The molecular weight excluding hydrogens is 314 g/mol. The molecule has 0 unspecified atom stereocenters. The van der Waals surface area contributed by atoms with Gasteiger partial charge in [-0.05, 0) is 17.5 Å². The molecule has 0 bridgehead atoms. The summed E-state index contributed by atoms with van der Waals surface area (Å²) in [6, 6.07) is 1.24. The lowest BCUT2D eigenvalue weighted by Crippen LogP contribution is -2.51. The molecule has 0 spiro atoms. The number of rotatable bonds is 0. The largest absolute Gasteiger partial charge is 0.345 e. The molecule has 0 N–H and O–H groups in total. The van der Waals surface area contributed by atoms with Crippen LogP contribution < -0.4 is 0 Å². The number of hydrogen-bond donors (Lipinski definition) is 0. The summed E-state index contributed by atoms with van der Waals surface area (Å²) in [7, 11) is 0. The smallest absolute Gasteiger partial charge is 0.322 e. The molecule has 5 rings (SSSR count). The molecule has 2 aliphatic carbocycles. The molecule has 7 heteroatoms. The summed E-state index contributed by atoms with van der Waals surface area (Å²) in [6.45, 7) is 3.17. The fraction of sp³-hybridized carbons (Fsp3) is 0.353. The standard InChI is InChI=1S/C17H14F2N4O/c1-9-7-22(8-9)16(24)23-15-11(6-21-23)10-4-5-20-13-3-2-12(14(10)13)17(15,18)19/h2,4-6,9H,3,7-8H2,1H3. The van der Waals surface area contributed by atoms with E-state index < -0.39 is 12.0 Å². The van der Waals surface area contributed by atoms with Crippen LogP contribution in [0.5, 0.6) is 0 Å². The monoisotopic (exact) mass is 328 g/mol. The van der Waals surface area contributed by atoms with E-state index in [1.54, 1.807) is 17.2 Å². The fourth-order valence-electron chi connectivity index (χ4n) is 3.88. The zero-order valence-electron chi connectivity index (χ0n) is 13.0. The van der Waals surface area contributed by atoms with Crippen molar-refractivity contribution in [1.82, 2.24) is 19.7 Å². The van der Waals surface area contributed by atoms with Crippen LogP contribution in [0.1, 0.15) is 23.9 Å². The number of amides is 1. The van der Waals surface area contributed by atoms with Gasteiger partial charge in [0.2, 0.25) is 0 Å². The van der Waals surface area contributed by atoms with Gasteiger partial charge in [-0.1, -0.05) is 13.0 Å². The van der Waals surface area contributed by atoms with Crippen molar-refractivity contribution in [3.63, 3.8) is 0 Å². The SMILES string of the molecule is CC1CN(C(=O)n2ncc3c2C(F)(F)C2=CCc4nccc-3c42)C1. The first-order valence-electron chi connectivity index (χ1n) is 7.93. The van der Waals surface area contributed by atoms with E-state index in [0.29, 0.717) is 47.8 Å². The Morgan fingerprint density at radius 2 is 2.12 bits per heavy atom. The molecule has 24 heavy (non-hydrogen) atoms. The third-order valence-electron chi connectivity index (χ3n) is 5.01. The van der Waals surface area contributed by atoms with E-state index in [4.69, 9.17) is 0 Å². The van der Waals surface area contributed by atoms with E-state index in [0.717, 1.165) is 4.68 Å². The molecule has 5 nitrogen and oxygen atoms in total. The Kier molecular flexibility index (Phi) is 2.47. The fourth-order valence-corrected chi connectivity index (χ4v) is 3.88. The number of aromatic nitrogens is 3. The van der Waals surface area contributed by atoms with Crippen molar-refractivity contribution >= 4 is 11.6 Å². The van der Waals surface area contributed by atoms with Crippen LogP contribution in [-0.2, 0) is 12.3 Å². The van der Waals surface area contributed by atoms with E-state index in [1.165, 1.54) is 12.3 Å². The van der Waals surface area contributed by atoms with Crippen molar-refractivity contribution in [1.29, 1.82) is 0 Å². The van der Waals surface area contributed by atoms with Crippen molar-refractivity contribution in [3.8, 4) is 11.1 Å². The molecule has 2 aromatic heterocycles. The van der Waals surface area contributed by atoms with Gasteiger partial charge in [0, 0.05) is 42.4 Å². The van der Waals surface area contributed by atoms with Crippen molar-refractivity contribution in [2.45, 2.75) is 19.3 Å². The lowest BCUT2D eigenvalue weighted by atomic mass is 9.85. The van der Waals surface area contributed by atoms with Crippen LogP contribution in [0, 0.1) is 5.92 Å². The quantitative estimate of drug-likeness (QED) is 0.747. The molecule has 0 aromatic carbocycles. The number of alkyl halides is 2. The van der Waals surface area contributed by atoms with Gasteiger partial charge in [0.05, 0.1) is 11.9 Å². The Morgan fingerprint density at radius 3 is 2.88 bits per heavy atom. The highest BCUT2D eigenvalue weighted by Gasteiger charge is 2.51. The van der Waals surface area contributed by atoms with E-state index in [1.807, 2.05) is 6.92 Å². The summed E-state index contributed by atoms with van der Waals surface area (Å²) in [5.41, 5.74) is 1.77. The number of carbonyl (C=O) groups is 1. The number of hydrogen-bond acceptors (Lipinski definition) is 3. The zero-order valence-corrected chi connectivity index (χ0v) is 13.0. The van der Waals surface area contributed by atoms with E-state index >= 15 is 8.78 Å². The predicted molar refractivity (Wildman–Crippen MR) is 82.6 cm³/mol. The number of halogens is 2. The summed E-state index contributed by atoms with van der Waals surface area (Å²) >= 11 is 0. The van der Waals surface area contributed by atoms with Crippen molar-refractivity contribution in [3.05, 3.63) is 41.5 Å². The normalized spacial score (nSPS) is 20.3. The molecule has 1 amide bonds. The zero-order chi connectivity index (χ0) is 16.6. The van der Waals surface area contributed by atoms with Crippen molar-refractivity contribution in [2.75, 3.05) is 13.1 Å². The lowest BCUT2D eigenvalue weighted by molar-refractivity contribution is 0.0526. The summed E-state index contributed by atoms with van der Waals surface area (Å²) in [5.74, 6) is -2.85. The third-order valence-corrected chi connectivity index (χ3v) is 5.01. The second-order valence-electron chi connectivity index (χ2n) is 6.69. The first kappa shape index (κ1) is 13.8. The van der Waals surface area contributed by atoms with Gasteiger partial charge in [-0.3, -0.25) is 4.98 Å². The van der Waals surface area contributed by atoms with Gasteiger partial charge < -0.3 is 4.90 Å². The Bertz CT molecular complexity index is 925. The molecule has 3 aliphatic rings. The number of allylic oxidation sites excluding steroid dienone is 2. The number of fused-ring (bicyclic) bond motifs is 2. The van der Waals surface area contributed by atoms with Gasteiger partial charge in [0.1, 0.15) is 5.69 Å². The second kappa shape index (κ2) is 4.28. The maximum absolute atomic E-state index is 15.2. The summed E-state index contributed by atoms with van der Waals surface area (Å²) in [6.07, 6.45) is 4.89. The maximum atomic E-state index is 15.2. The highest BCUT2D eigenvalue weighted by atomic mass is 19.3. The Labute approximate surface area is 136 Å². The Balaban J connectivity index is 1.71. The second-order valence-corrected chi connectivity index (χ2v) is 6.69. The van der Waals surface area contributed by atoms with Gasteiger partial charge in [-0.2, -0.15) is 18.6 Å². The molecule has 1 saturated heterocycles. The first-order chi connectivity index (χ1) is 11.5. The average Bonchev–Trinajstić information content (AvgIpc) is 3.15. The van der Waals surface area contributed by atoms with E-state index in [9.17, 15) is 4.79 Å². The molecule has 3 heterocycles. The molecule has 0 radical (unpaired) electrons. The average molecular weight is 328 g/mol. The molecule has 1 aliphatic heterocycles. The highest BCUT2D eigenvalue weighted by molar-refractivity contribution is 5.95. The highest BCUT2D eigenvalue weighted by Crippen LogP contribution is 2.54. The number of nitrogens with zero attached hydrogens (tertiary/aromatic N) is 4. The molecule has 2 aromatic rings. The van der Waals surface area contributed by atoms with Crippen LogP contribution in [0.4, 0.5) is 13.6 Å². The topological polar surface area (TPSA) is 51.0 Å². The number of pyridine rings is 1. The molecule has 1 fully saturated rings. The molecular formula is C17H14F2N4O. The number of likely N-dealkylation sites (tertiary alicyclic amines) is 1. The Hall–Kier alpha value is -2.57. The minimum absolute atomic E-state index is 0.0559. The van der Waals surface area contributed by atoms with Gasteiger partial charge in [-0.15, -0.1) is 0 Å². The summed E-state index contributed by atoms with van der Waals surface area (Å²) in [4.78, 5) is 18.3. The Morgan fingerprint density at radius 1 is 1.33 bits per heavy atom. The summed E-state index contributed by atoms with van der Waals surface area (Å²) in [5, 5.41) is 4.01. The number of carbonyl (C=O) groups excluding carboxylic acids is 1. The van der Waals surface area contributed by atoms with Crippen LogP contribution in [0.25, 0.3) is 16.7 Å². The first-order valence-corrected chi connectivity index (χ1v) is 7.93. The van der Waals surface area contributed by atoms with Crippen molar-refractivity contribution in [2.24, 2.45) is 5.92 Å². The molecule has 0 atom stereocenters. The van der Waals surface area contributed by atoms with Crippen molar-refractivity contribution < 1.29 is 13.6 Å². The van der Waals surface area contributed by atoms with Crippen LogP contribution >= 0.6 is 0 Å². The van der Waals surface area contributed by atoms with Crippen LogP contribution in [0.2, 0.25) is 0 Å². The predicted octanol–water partition coefficient (Wildman–Crippen LogP) is 2.91. The lowest BCUT2D eigenvalue weighted by Gasteiger charge is -2.37. The van der Waals surface area contributed by atoms with Crippen LogP contribution in [0.15, 0.2) is 24.5 Å². The van der Waals surface area contributed by atoms with Crippen LogP contribution in [0.3, 0.4) is 0 Å². The maximum Gasteiger partial charge on any atom is 0.345 e. The molecule has 0 saturated carbocycles. The van der Waals surface area contributed by atoms with Gasteiger partial charge in [0.15, 0.2) is 0 Å². The summed E-state index contributed by atoms with van der Waals surface area (Å²) < 4.78 is 31.2. The van der Waals surface area contributed by atoms with Crippen LogP contribution in [-0.4, -0.2) is 38.8 Å².